The van der Waals surface area contributed by atoms with Crippen LogP contribution in [0.1, 0.15) is 59.8 Å². The zero-order valence-electron chi connectivity index (χ0n) is 41.6. The molecule has 0 aliphatic heterocycles. The Morgan fingerprint density at radius 3 is 1.45 bits per heavy atom. The van der Waals surface area contributed by atoms with Gasteiger partial charge in [0.1, 0.15) is 22.9 Å². The van der Waals surface area contributed by atoms with E-state index in [0.29, 0.717) is 76.7 Å². The number of nitrogens with zero attached hydrogens (tertiary/aromatic N) is 13. The first-order chi connectivity index (χ1) is 36.1. The van der Waals surface area contributed by atoms with Crippen LogP contribution in [-0.4, -0.2) is 105 Å². The van der Waals surface area contributed by atoms with Crippen molar-refractivity contribution >= 4 is 111 Å². The second kappa shape index (κ2) is 24.2. The molecular weight excluding hydrogens is 1060 g/mol. The van der Waals surface area contributed by atoms with Crippen molar-refractivity contribution in [3.8, 4) is 34.3 Å². The second-order valence-corrected chi connectivity index (χ2v) is 22.1. The summed E-state index contributed by atoms with van der Waals surface area (Å²) in [5.74, 6) is 1.84. The van der Waals surface area contributed by atoms with Crippen LogP contribution < -0.4 is 29.9 Å². The number of ether oxygens (including phenoxy) is 2. The van der Waals surface area contributed by atoms with Crippen LogP contribution in [0.15, 0.2) is 108 Å². The Morgan fingerprint density at radius 2 is 1.05 bits per heavy atom. The maximum Gasteiger partial charge on any atom is 0.294 e. The topological polar surface area (TPSA) is 297 Å². The van der Waals surface area contributed by atoms with Crippen LogP contribution in [0.25, 0.3) is 22.8 Å². The number of thioether (sulfide) groups is 1. The molecule has 28 heteroatoms. The fraction of sp³-hybridized carbons (Fsp3) is 0.340. The van der Waals surface area contributed by atoms with Crippen molar-refractivity contribution in [3.05, 3.63) is 72.8 Å². The van der Waals surface area contributed by atoms with Gasteiger partial charge in [0, 0.05) is 77.8 Å². The number of nitrogens with one attached hydrogen (secondary N) is 2. The first-order valence-corrected chi connectivity index (χ1v) is 29.0. The van der Waals surface area contributed by atoms with Crippen molar-refractivity contribution in [2.24, 2.45) is 20.5 Å². The molecule has 0 amide bonds. The molecule has 8 rings (SSSR count). The van der Waals surface area contributed by atoms with Crippen molar-refractivity contribution in [2.45, 2.75) is 80.0 Å². The van der Waals surface area contributed by atoms with E-state index < -0.39 is 20.2 Å². The molecule has 0 bridgehead atoms. The Hall–Kier alpha value is -6.82. The molecule has 0 spiro atoms. The Bertz CT molecular complexity index is 3230. The third-order valence-electron chi connectivity index (χ3n) is 11.8. The fourth-order valence-electron chi connectivity index (χ4n) is 8.06. The van der Waals surface area contributed by atoms with Crippen molar-refractivity contribution < 1.29 is 35.4 Å². The molecule has 4 N–H and O–H groups in total. The highest BCUT2D eigenvalue weighted by Crippen LogP contribution is 2.43. The Morgan fingerprint density at radius 1 is 0.613 bits per heavy atom. The first kappa shape index (κ1) is 54.4. The number of hydrogen-bond donors (Lipinski definition) is 4. The standard InChI is InChI=1S/C47H53N15O8S5/c1-7-61(8-2)37-24-33(35(26-39(37)69-5)55-57-46-50-41(59-72-46)28-16-14-20-31(22-28)74(63,64)65)48-43-52-44(54-45(53-43)71-30-18-12-11-13-19-30)49-34-25-38(62(9-3)10-4)40(70-6)27-36(34)56-58-47-51-42(60-73-47)29-17-15-21-32(23-29)75(66,67)68/h14-17,20-27,30H,7-13,18-19H2,1-6H3,(H,63,64,65)(H,66,67,68)(H2,48,49,52,53,54). The number of azo groups is 2. The van der Waals surface area contributed by atoms with Gasteiger partial charge in [0.05, 0.1) is 46.8 Å². The van der Waals surface area contributed by atoms with Crippen molar-refractivity contribution in [1.29, 1.82) is 0 Å². The van der Waals surface area contributed by atoms with Crippen LogP contribution in [-0.2, 0) is 20.2 Å². The van der Waals surface area contributed by atoms with Crippen LogP contribution in [0, 0.1) is 0 Å². The van der Waals surface area contributed by atoms with E-state index in [-0.39, 0.29) is 48.8 Å². The maximum absolute atomic E-state index is 11.8. The van der Waals surface area contributed by atoms with Gasteiger partial charge in [0.2, 0.25) is 22.2 Å². The summed E-state index contributed by atoms with van der Waals surface area (Å²) in [4.78, 5) is 27.4. The van der Waals surface area contributed by atoms with Crippen LogP contribution >= 0.6 is 34.8 Å². The van der Waals surface area contributed by atoms with Gasteiger partial charge in [0.15, 0.2) is 16.8 Å². The minimum atomic E-state index is -4.46. The summed E-state index contributed by atoms with van der Waals surface area (Å²) >= 11 is 3.48. The average molecular weight is 1120 g/mol. The lowest BCUT2D eigenvalue weighted by Gasteiger charge is -2.25. The number of anilines is 6. The van der Waals surface area contributed by atoms with Crippen LogP contribution in [0.3, 0.4) is 0 Å². The zero-order chi connectivity index (χ0) is 53.3. The van der Waals surface area contributed by atoms with Crippen molar-refractivity contribution in [1.82, 2.24) is 33.7 Å². The summed E-state index contributed by atoms with van der Waals surface area (Å²) in [6, 6.07) is 18.6. The fourth-order valence-corrected chi connectivity index (χ4v) is 11.3. The van der Waals surface area contributed by atoms with Gasteiger partial charge >= 0.3 is 0 Å². The molecule has 3 heterocycles. The SMILES string of the molecule is CCN(CC)c1cc(Nc2nc(Nc3cc(N(CC)CC)c(OC)cc3N=Nc3nc(-c4cccc(S(=O)(=O)O)c4)ns3)nc(SC3CCCCC3)n2)c(N=Nc2nc(-c3cccc(S(=O)(=O)O)c3)ns2)cc1OC. The summed E-state index contributed by atoms with van der Waals surface area (Å²) in [6.45, 7) is 10.8. The molecule has 1 saturated carbocycles. The highest BCUT2D eigenvalue weighted by Gasteiger charge is 2.23. The zero-order valence-corrected chi connectivity index (χ0v) is 45.7. The van der Waals surface area contributed by atoms with Crippen LogP contribution in [0.5, 0.6) is 11.5 Å². The highest BCUT2D eigenvalue weighted by molar-refractivity contribution is 7.99. The molecular formula is C47H53N15O8S5. The summed E-state index contributed by atoms with van der Waals surface area (Å²) in [7, 11) is -5.77. The van der Waals surface area contributed by atoms with E-state index in [1.165, 1.54) is 42.8 Å². The predicted octanol–water partition coefficient (Wildman–Crippen LogP) is 11.9. The van der Waals surface area contributed by atoms with Crippen LogP contribution in [0.2, 0.25) is 0 Å². The summed E-state index contributed by atoms with van der Waals surface area (Å²) in [6.07, 6.45) is 5.38. The van der Waals surface area contributed by atoms with Crippen molar-refractivity contribution in [3.63, 3.8) is 0 Å². The Balaban J connectivity index is 1.19. The normalized spacial score (nSPS) is 13.4. The van der Waals surface area contributed by atoms with E-state index in [1.807, 2.05) is 39.8 Å². The van der Waals surface area contributed by atoms with E-state index in [1.54, 1.807) is 50.2 Å². The lowest BCUT2D eigenvalue weighted by atomic mass is 10.0. The molecule has 23 nitrogen and oxygen atoms in total. The molecule has 0 radical (unpaired) electrons. The van der Waals surface area contributed by atoms with Gasteiger partial charge in [-0.3, -0.25) is 9.11 Å². The molecule has 1 fully saturated rings. The van der Waals surface area contributed by atoms with E-state index in [9.17, 15) is 25.9 Å². The number of methoxy groups -OCH3 is 2. The predicted molar refractivity (Wildman–Crippen MR) is 291 cm³/mol. The van der Waals surface area contributed by atoms with Gasteiger partial charge in [-0.15, -0.1) is 20.5 Å². The Kier molecular flexibility index (Phi) is 17.6. The summed E-state index contributed by atoms with van der Waals surface area (Å²) in [5.41, 5.74) is 3.91. The van der Waals surface area contributed by atoms with Gasteiger partial charge in [-0.25, -0.2) is 0 Å². The highest BCUT2D eigenvalue weighted by atomic mass is 32.2. The second-order valence-electron chi connectivity index (χ2n) is 16.5. The molecule has 0 atom stereocenters. The number of hydrogen-bond acceptors (Lipinski definition) is 24. The van der Waals surface area contributed by atoms with Gasteiger partial charge < -0.3 is 29.9 Å². The summed E-state index contributed by atoms with van der Waals surface area (Å²) < 4.78 is 87.1. The number of rotatable bonds is 22. The van der Waals surface area contributed by atoms with E-state index >= 15 is 0 Å². The van der Waals surface area contributed by atoms with E-state index in [0.717, 1.165) is 60.1 Å². The lowest BCUT2D eigenvalue weighted by Crippen LogP contribution is -2.22. The quantitative estimate of drug-likeness (QED) is 0.0362. The van der Waals surface area contributed by atoms with E-state index in [2.05, 4.69) is 59.6 Å². The largest absolute Gasteiger partial charge is 0.494 e. The molecule has 1 aliphatic carbocycles. The third kappa shape index (κ3) is 13.5. The average Bonchev–Trinajstić information content (AvgIpc) is 4.09. The van der Waals surface area contributed by atoms with Gasteiger partial charge in [-0.1, -0.05) is 55.3 Å². The maximum atomic E-state index is 11.8. The molecule has 0 saturated heterocycles. The monoisotopic (exact) mass is 1120 g/mol. The first-order valence-electron chi connectivity index (χ1n) is 23.7. The molecule has 4 aromatic carbocycles. The molecule has 394 valence electrons. The minimum Gasteiger partial charge on any atom is -0.494 e. The molecule has 1 aliphatic rings. The smallest absolute Gasteiger partial charge is 0.294 e. The minimum absolute atomic E-state index is 0.173. The van der Waals surface area contributed by atoms with Gasteiger partial charge in [-0.2, -0.15) is 50.5 Å². The van der Waals surface area contributed by atoms with Crippen LogP contribution in [0.4, 0.5) is 56.3 Å². The van der Waals surface area contributed by atoms with Gasteiger partial charge in [-0.05, 0) is 76.9 Å². The van der Waals surface area contributed by atoms with E-state index in [4.69, 9.17) is 24.4 Å². The molecule has 75 heavy (non-hydrogen) atoms. The van der Waals surface area contributed by atoms with Gasteiger partial charge in [0.25, 0.3) is 20.2 Å². The molecule has 7 aromatic rings. The number of benzene rings is 4. The summed E-state index contributed by atoms with van der Waals surface area (Å²) in [5, 5.41) is 26.0. The Labute approximate surface area is 446 Å². The lowest BCUT2D eigenvalue weighted by molar-refractivity contribution is 0.414. The molecule has 0 unspecified atom stereocenters. The molecule has 3 aromatic heterocycles. The third-order valence-corrected chi connectivity index (χ3v) is 15.9. The number of aromatic nitrogens is 7. The van der Waals surface area contributed by atoms with Crippen molar-refractivity contribution in [2.75, 3.05) is 60.8 Å².